The van der Waals surface area contributed by atoms with Crippen LogP contribution in [0.1, 0.15) is 5.69 Å². The number of nitrogens with one attached hydrogen (secondary N) is 1. The third-order valence-corrected chi connectivity index (χ3v) is 3.11. The molecule has 1 N–H and O–H groups in total. The summed E-state index contributed by atoms with van der Waals surface area (Å²) in [6.07, 6.45) is 4.81. The van der Waals surface area contributed by atoms with Gasteiger partial charge in [-0.25, -0.2) is 15.0 Å². The van der Waals surface area contributed by atoms with Crippen molar-refractivity contribution >= 4 is 35.0 Å². The summed E-state index contributed by atoms with van der Waals surface area (Å²) < 4.78 is 1.59. The fourth-order valence-corrected chi connectivity index (χ4v) is 2.25. The van der Waals surface area contributed by atoms with E-state index in [4.69, 9.17) is 23.2 Å². The van der Waals surface area contributed by atoms with Crippen LogP contribution in [0.15, 0.2) is 36.8 Å². The minimum Gasteiger partial charge on any atom is -0.309 e. The van der Waals surface area contributed by atoms with Crippen molar-refractivity contribution in [2.75, 3.05) is 5.32 Å². The van der Waals surface area contributed by atoms with Gasteiger partial charge >= 0.3 is 0 Å². The Bertz CT molecular complexity index is 772. The second-order valence-electron chi connectivity index (χ2n) is 4.24. The highest BCUT2D eigenvalue weighted by Gasteiger charge is 2.13. The second-order valence-corrected chi connectivity index (χ2v) is 5.08. The van der Waals surface area contributed by atoms with Crippen LogP contribution in [0.5, 0.6) is 0 Å². The number of hydrogen-bond acceptors (Lipinski definition) is 5. The van der Waals surface area contributed by atoms with E-state index in [1.54, 1.807) is 29.2 Å². The Hall–Kier alpha value is -2.18. The normalized spacial score (nSPS) is 10.6. The van der Waals surface area contributed by atoms with Crippen LogP contribution in [0.3, 0.4) is 0 Å². The van der Waals surface area contributed by atoms with Gasteiger partial charge in [0.05, 0.1) is 15.7 Å². The maximum atomic E-state index is 6.18. The molecule has 8 heteroatoms. The number of halogens is 2. The smallest absolute Gasteiger partial charge is 0.228 e. The summed E-state index contributed by atoms with van der Waals surface area (Å²) in [4.78, 5) is 12.5. The molecule has 0 saturated carbocycles. The molecular formula is C13H10Cl2N6. The number of nitrogens with zero attached hydrogens (tertiary/aromatic N) is 5. The molecule has 0 atom stereocenters. The lowest BCUT2D eigenvalue weighted by atomic mass is 10.4. The predicted octanol–water partition coefficient (Wildman–Crippen LogP) is 3.42. The van der Waals surface area contributed by atoms with Crippen LogP contribution in [0, 0.1) is 6.92 Å². The van der Waals surface area contributed by atoms with Gasteiger partial charge in [-0.2, -0.15) is 9.78 Å². The van der Waals surface area contributed by atoms with Crippen LogP contribution in [-0.4, -0.2) is 24.7 Å². The standard InChI is InChI=1S/C13H10Cl2N6/c1-8-5-11(19-13-16-3-2-4-17-13)21(20-8)12-10(15)6-9(14)7-18-12/h2-7H,1H3,(H,16,17,19). The first-order valence-electron chi connectivity index (χ1n) is 6.05. The van der Waals surface area contributed by atoms with Gasteiger partial charge in [-0.1, -0.05) is 23.2 Å². The molecule has 0 spiro atoms. The van der Waals surface area contributed by atoms with E-state index in [-0.39, 0.29) is 0 Å². The molecule has 0 aliphatic rings. The van der Waals surface area contributed by atoms with Gasteiger partial charge in [-0.3, -0.25) is 0 Å². The molecule has 0 radical (unpaired) electrons. The Labute approximate surface area is 130 Å². The number of hydrogen-bond donors (Lipinski definition) is 1. The van der Waals surface area contributed by atoms with Crippen molar-refractivity contribution in [3.8, 4) is 5.82 Å². The molecular weight excluding hydrogens is 311 g/mol. The Balaban J connectivity index is 2.03. The third-order valence-electron chi connectivity index (χ3n) is 2.63. The molecule has 0 aromatic carbocycles. The molecule has 0 aliphatic heterocycles. The summed E-state index contributed by atoms with van der Waals surface area (Å²) in [5, 5.41) is 8.33. The lowest BCUT2D eigenvalue weighted by Gasteiger charge is -2.09. The summed E-state index contributed by atoms with van der Waals surface area (Å²) in [7, 11) is 0. The van der Waals surface area contributed by atoms with Crippen LogP contribution in [-0.2, 0) is 0 Å². The monoisotopic (exact) mass is 320 g/mol. The van der Waals surface area contributed by atoms with Crippen molar-refractivity contribution in [3.05, 3.63) is 52.5 Å². The van der Waals surface area contributed by atoms with Gasteiger partial charge in [0.25, 0.3) is 0 Å². The maximum absolute atomic E-state index is 6.18. The molecule has 0 amide bonds. The van der Waals surface area contributed by atoms with Gasteiger partial charge in [0.15, 0.2) is 5.82 Å². The van der Waals surface area contributed by atoms with Crippen molar-refractivity contribution in [2.24, 2.45) is 0 Å². The van der Waals surface area contributed by atoms with Crippen LogP contribution in [0.4, 0.5) is 11.8 Å². The summed E-state index contributed by atoms with van der Waals surface area (Å²) in [6, 6.07) is 5.21. The fraction of sp³-hybridized carbons (Fsp3) is 0.0769. The highest BCUT2D eigenvalue weighted by Crippen LogP contribution is 2.25. The first-order chi connectivity index (χ1) is 10.1. The summed E-state index contributed by atoms with van der Waals surface area (Å²) >= 11 is 12.0. The summed E-state index contributed by atoms with van der Waals surface area (Å²) in [5.41, 5.74) is 0.807. The van der Waals surface area contributed by atoms with Crippen molar-refractivity contribution in [3.63, 3.8) is 0 Å². The van der Waals surface area contributed by atoms with E-state index >= 15 is 0 Å². The van der Waals surface area contributed by atoms with Gasteiger partial charge in [0.2, 0.25) is 5.95 Å². The van der Waals surface area contributed by atoms with E-state index in [2.05, 4.69) is 25.4 Å². The molecule has 3 heterocycles. The summed E-state index contributed by atoms with van der Waals surface area (Å²) in [5.74, 6) is 1.60. The average Bonchev–Trinajstić information content (AvgIpc) is 2.80. The predicted molar refractivity (Wildman–Crippen MR) is 81.4 cm³/mol. The van der Waals surface area contributed by atoms with E-state index in [0.717, 1.165) is 5.69 Å². The molecule has 3 rings (SSSR count). The molecule has 0 bridgehead atoms. The van der Waals surface area contributed by atoms with E-state index in [9.17, 15) is 0 Å². The third kappa shape index (κ3) is 2.96. The topological polar surface area (TPSA) is 68.5 Å². The maximum Gasteiger partial charge on any atom is 0.228 e. The molecule has 106 valence electrons. The molecule has 0 unspecified atom stereocenters. The summed E-state index contributed by atoms with van der Waals surface area (Å²) in [6.45, 7) is 1.87. The zero-order valence-electron chi connectivity index (χ0n) is 11.0. The van der Waals surface area contributed by atoms with E-state index in [0.29, 0.717) is 27.6 Å². The lowest BCUT2D eigenvalue weighted by molar-refractivity contribution is 0.838. The van der Waals surface area contributed by atoms with Gasteiger partial charge in [-0.05, 0) is 19.1 Å². The zero-order chi connectivity index (χ0) is 14.8. The van der Waals surface area contributed by atoms with Crippen LogP contribution < -0.4 is 5.32 Å². The highest BCUT2D eigenvalue weighted by molar-refractivity contribution is 6.35. The zero-order valence-corrected chi connectivity index (χ0v) is 12.5. The first kappa shape index (κ1) is 13.8. The lowest BCUT2D eigenvalue weighted by Crippen LogP contribution is -2.06. The largest absolute Gasteiger partial charge is 0.309 e. The van der Waals surface area contributed by atoms with E-state index < -0.39 is 0 Å². The molecule has 21 heavy (non-hydrogen) atoms. The number of aryl methyl sites for hydroxylation is 1. The minimum atomic E-state index is 0.405. The van der Waals surface area contributed by atoms with Crippen LogP contribution in [0.2, 0.25) is 10.0 Å². The van der Waals surface area contributed by atoms with Crippen molar-refractivity contribution in [2.45, 2.75) is 6.92 Å². The Morgan fingerprint density at radius 3 is 2.57 bits per heavy atom. The number of anilines is 2. The van der Waals surface area contributed by atoms with Crippen molar-refractivity contribution in [1.29, 1.82) is 0 Å². The molecule has 0 saturated heterocycles. The van der Waals surface area contributed by atoms with Crippen molar-refractivity contribution in [1.82, 2.24) is 24.7 Å². The quantitative estimate of drug-likeness (QED) is 0.800. The molecule has 3 aromatic rings. The molecule has 0 fully saturated rings. The Morgan fingerprint density at radius 1 is 1.10 bits per heavy atom. The second kappa shape index (κ2) is 5.67. The first-order valence-corrected chi connectivity index (χ1v) is 6.81. The number of rotatable bonds is 3. The number of aromatic nitrogens is 5. The molecule has 6 nitrogen and oxygen atoms in total. The number of pyridine rings is 1. The molecule has 0 aliphatic carbocycles. The van der Waals surface area contributed by atoms with E-state index in [1.807, 2.05) is 13.0 Å². The fourth-order valence-electron chi connectivity index (χ4n) is 1.79. The van der Waals surface area contributed by atoms with Gasteiger partial charge < -0.3 is 5.32 Å². The Kier molecular flexibility index (Phi) is 3.72. The van der Waals surface area contributed by atoms with Crippen LogP contribution in [0.25, 0.3) is 5.82 Å². The van der Waals surface area contributed by atoms with Gasteiger partial charge in [0.1, 0.15) is 5.82 Å². The van der Waals surface area contributed by atoms with Crippen molar-refractivity contribution < 1.29 is 0 Å². The van der Waals surface area contributed by atoms with Gasteiger partial charge in [0, 0.05) is 24.7 Å². The van der Waals surface area contributed by atoms with E-state index in [1.165, 1.54) is 6.20 Å². The van der Waals surface area contributed by atoms with Crippen LogP contribution >= 0.6 is 23.2 Å². The average molecular weight is 321 g/mol. The Morgan fingerprint density at radius 2 is 1.86 bits per heavy atom. The molecule has 3 aromatic heterocycles. The minimum absolute atomic E-state index is 0.405. The SMILES string of the molecule is Cc1cc(Nc2ncccn2)n(-c2ncc(Cl)cc2Cl)n1. The highest BCUT2D eigenvalue weighted by atomic mass is 35.5. The van der Waals surface area contributed by atoms with Gasteiger partial charge in [-0.15, -0.1) is 0 Å².